The standard InChI is InChI=1S/C26H34N2O10/c1-4-10-36-26(32)28-18-14-21(34-3)20(33-2)13-17(18)24(31)27-9-8-16(37-15-22(29)30)12-19(27)25(28)38-23-7-5-6-11-35-23/h4,13-14,16,19,23,25H,1,5-12,15H2,2-3H3,(H,29,30)/t16-,19+,23?,25?/m1/s1. The van der Waals surface area contributed by atoms with Crippen molar-refractivity contribution in [2.75, 3.05) is 45.5 Å². The minimum atomic E-state index is -1.09. The molecule has 2 saturated heterocycles. The second-order valence-corrected chi connectivity index (χ2v) is 9.20. The van der Waals surface area contributed by atoms with E-state index in [-0.39, 0.29) is 36.7 Å². The number of amides is 2. The Hall–Kier alpha value is -3.35. The second-order valence-electron chi connectivity index (χ2n) is 9.20. The van der Waals surface area contributed by atoms with Crippen molar-refractivity contribution in [1.29, 1.82) is 0 Å². The van der Waals surface area contributed by atoms with Gasteiger partial charge in [0.1, 0.15) is 13.2 Å². The van der Waals surface area contributed by atoms with Gasteiger partial charge < -0.3 is 38.4 Å². The molecule has 12 nitrogen and oxygen atoms in total. The molecule has 208 valence electrons. The number of hydrogen-bond donors (Lipinski definition) is 1. The van der Waals surface area contributed by atoms with Crippen molar-refractivity contribution in [2.45, 2.75) is 56.8 Å². The smallest absolute Gasteiger partial charge is 0.416 e. The summed E-state index contributed by atoms with van der Waals surface area (Å²) in [6, 6.07) is 2.41. The summed E-state index contributed by atoms with van der Waals surface area (Å²) < 4.78 is 34.3. The maximum atomic E-state index is 13.9. The highest BCUT2D eigenvalue weighted by atomic mass is 16.7. The predicted octanol–water partition coefficient (Wildman–Crippen LogP) is 2.79. The number of benzene rings is 1. The Labute approximate surface area is 221 Å². The molecule has 1 aromatic rings. The second kappa shape index (κ2) is 12.5. The number of aliphatic carboxylic acids is 1. The van der Waals surface area contributed by atoms with Crippen molar-refractivity contribution in [3.05, 3.63) is 30.4 Å². The summed E-state index contributed by atoms with van der Waals surface area (Å²) in [5.74, 6) is -0.783. The Morgan fingerprint density at radius 2 is 1.95 bits per heavy atom. The van der Waals surface area contributed by atoms with Gasteiger partial charge in [-0.1, -0.05) is 12.7 Å². The van der Waals surface area contributed by atoms with Crippen LogP contribution in [0.25, 0.3) is 0 Å². The van der Waals surface area contributed by atoms with Crippen LogP contribution in [0.15, 0.2) is 24.8 Å². The molecule has 0 aliphatic carbocycles. The van der Waals surface area contributed by atoms with Gasteiger partial charge in [-0.2, -0.15) is 0 Å². The Morgan fingerprint density at radius 1 is 1.18 bits per heavy atom. The lowest BCUT2D eigenvalue weighted by molar-refractivity contribution is -0.202. The molecule has 2 amide bonds. The Kier molecular flexibility index (Phi) is 9.08. The van der Waals surface area contributed by atoms with E-state index in [1.165, 1.54) is 31.3 Å². The summed E-state index contributed by atoms with van der Waals surface area (Å²) in [4.78, 5) is 41.6. The summed E-state index contributed by atoms with van der Waals surface area (Å²) in [7, 11) is 2.92. The van der Waals surface area contributed by atoms with E-state index < -0.39 is 43.3 Å². The van der Waals surface area contributed by atoms with Crippen molar-refractivity contribution in [2.24, 2.45) is 0 Å². The average Bonchev–Trinajstić information content (AvgIpc) is 3.02. The molecule has 1 aromatic carbocycles. The third-order valence-electron chi connectivity index (χ3n) is 6.83. The lowest BCUT2D eigenvalue weighted by Crippen LogP contribution is -2.59. The predicted molar refractivity (Wildman–Crippen MR) is 133 cm³/mol. The Bertz CT molecular complexity index is 1040. The minimum absolute atomic E-state index is 0.0583. The molecule has 2 unspecified atom stereocenters. The monoisotopic (exact) mass is 534 g/mol. The third kappa shape index (κ3) is 5.87. The fraction of sp³-hybridized carbons (Fsp3) is 0.577. The largest absolute Gasteiger partial charge is 0.493 e. The quantitative estimate of drug-likeness (QED) is 0.472. The number of nitrogens with zero attached hydrogens (tertiary/aromatic N) is 2. The molecule has 0 spiro atoms. The number of carboxylic acids is 1. The van der Waals surface area contributed by atoms with Crippen molar-refractivity contribution in [3.63, 3.8) is 0 Å². The normalized spacial score (nSPS) is 25.1. The molecule has 0 aromatic heterocycles. The van der Waals surface area contributed by atoms with E-state index in [4.69, 9.17) is 33.5 Å². The van der Waals surface area contributed by atoms with Gasteiger partial charge in [0.25, 0.3) is 5.91 Å². The van der Waals surface area contributed by atoms with Crippen LogP contribution in [0, 0.1) is 0 Å². The maximum Gasteiger partial charge on any atom is 0.416 e. The lowest BCUT2D eigenvalue weighted by atomic mass is 9.97. The first-order chi connectivity index (χ1) is 18.4. The number of rotatable bonds is 9. The summed E-state index contributed by atoms with van der Waals surface area (Å²) in [6.45, 7) is 3.86. The van der Waals surface area contributed by atoms with Gasteiger partial charge in [0, 0.05) is 19.2 Å². The van der Waals surface area contributed by atoms with E-state index in [2.05, 4.69) is 6.58 Å². The van der Waals surface area contributed by atoms with Gasteiger partial charge in [0.05, 0.1) is 37.6 Å². The van der Waals surface area contributed by atoms with Crippen LogP contribution in [-0.2, 0) is 23.7 Å². The van der Waals surface area contributed by atoms with Gasteiger partial charge in [-0.3, -0.25) is 4.79 Å². The number of carbonyl (C=O) groups is 3. The Balaban J connectivity index is 1.82. The fourth-order valence-electron chi connectivity index (χ4n) is 5.06. The van der Waals surface area contributed by atoms with E-state index in [0.717, 1.165) is 12.8 Å². The number of hydrogen-bond acceptors (Lipinski definition) is 9. The number of fused-ring (bicyclic) bond motifs is 2. The molecule has 0 saturated carbocycles. The molecule has 2 fully saturated rings. The first-order valence-corrected chi connectivity index (χ1v) is 12.6. The number of ether oxygens (including phenoxy) is 6. The zero-order chi connectivity index (χ0) is 27.2. The highest BCUT2D eigenvalue weighted by Gasteiger charge is 2.48. The number of piperidine rings is 1. The SMILES string of the molecule is C=CCOC(=O)N1c2cc(OC)c(OC)cc2C(=O)N2CC[C@@H](OCC(=O)O)C[C@H]2C1OC1CCCCO1. The van der Waals surface area contributed by atoms with Gasteiger partial charge in [0.2, 0.25) is 0 Å². The van der Waals surface area contributed by atoms with E-state index in [0.29, 0.717) is 30.9 Å². The Morgan fingerprint density at radius 3 is 2.61 bits per heavy atom. The fourth-order valence-corrected chi connectivity index (χ4v) is 5.06. The van der Waals surface area contributed by atoms with Crippen LogP contribution in [0.5, 0.6) is 11.5 Å². The molecule has 38 heavy (non-hydrogen) atoms. The molecule has 0 bridgehead atoms. The molecule has 3 heterocycles. The van der Waals surface area contributed by atoms with Crippen LogP contribution in [-0.4, -0.2) is 93.2 Å². The minimum Gasteiger partial charge on any atom is -0.493 e. The van der Waals surface area contributed by atoms with Gasteiger partial charge >= 0.3 is 12.1 Å². The summed E-state index contributed by atoms with van der Waals surface area (Å²) in [5.41, 5.74) is 0.448. The third-order valence-corrected chi connectivity index (χ3v) is 6.83. The average molecular weight is 535 g/mol. The van der Waals surface area contributed by atoms with Crippen LogP contribution in [0.4, 0.5) is 10.5 Å². The number of anilines is 1. The number of carboxylic acid groups (broad SMARTS) is 1. The van der Waals surface area contributed by atoms with Crippen LogP contribution in [0.1, 0.15) is 42.5 Å². The van der Waals surface area contributed by atoms with Gasteiger partial charge in [-0.15, -0.1) is 0 Å². The molecule has 0 radical (unpaired) electrons. The number of methoxy groups -OCH3 is 2. The molecule has 4 rings (SSSR count). The molecule has 3 aliphatic heterocycles. The van der Waals surface area contributed by atoms with Crippen LogP contribution in [0.2, 0.25) is 0 Å². The molecular formula is C26H34N2O10. The van der Waals surface area contributed by atoms with Crippen LogP contribution < -0.4 is 14.4 Å². The van der Waals surface area contributed by atoms with E-state index in [1.54, 1.807) is 11.0 Å². The molecule has 3 aliphatic rings. The first-order valence-electron chi connectivity index (χ1n) is 12.6. The van der Waals surface area contributed by atoms with Gasteiger partial charge in [-0.05, 0) is 38.2 Å². The highest BCUT2D eigenvalue weighted by molar-refractivity contribution is 6.06. The number of carbonyl (C=O) groups excluding carboxylic acids is 2. The van der Waals surface area contributed by atoms with Crippen molar-refractivity contribution in [1.82, 2.24) is 4.90 Å². The van der Waals surface area contributed by atoms with Crippen molar-refractivity contribution >= 4 is 23.7 Å². The summed E-state index contributed by atoms with van der Waals surface area (Å²) >= 11 is 0. The van der Waals surface area contributed by atoms with E-state index in [1.807, 2.05) is 0 Å². The maximum absolute atomic E-state index is 13.9. The van der Waals surface area contributed by atoms with Gasteiger partial charge in [-0.25, -0.2) is 14.5 Å². The molecule has 1 N–H and O–H groups in total. The molecule has 12 heteroatoms. The lowest BCUT2D eigenvalue weighted by Gasteiger charge is -2.44. The van der Waals surface area contributed by atoms with Crippen LogP contribution >= 0.6 is 0 Å². The van der Waals surface area contributed by atoms with Crippen molar-refractivity contribution < 1.29 is 47.9 Å². The molecule has 4 atom stereocenters. The highest BCUT2D eigenvalue weighted by Crippen LogP contribution is 2.42. The van der Waals surface area contributed by atoms with E-state index in [9.17, 15) is 14.4 Å². The van der Waals surface area contributed by atoms with E-state index >= 15 is 0 Å². The zero-order valence-electron chi connectivity index (χ0n) is 21.6. The molecular weight excluding hydrogens is 500 g/mol. The topological polar surface area (TPSA) is 133 Å². The first kappa shape index (κ1) is 27.7. The zero-order valence-corrected chi connectivity index (χ0v) is 21.6. The van der Waals surface area contributed by atoms with Gasteiger partial charge in [0.15, 0.2) is 24.0 Å². The van der Waals surface area contributed by atoms with Crippen LogP contribution in [0.3, 0.4) is 0 Å². The van der Waals surface area contributed by atoms with Crippen molar-refractivity contribution in [3.8, 4) is 11.5 Å². The summed E-state index contributed by atoms with van der Waals surface area (Å²) in [6.07, 6.45) is 1.67. The summed E-state index contributed by atoms with van der Waals surface area (Å²) in [5, 5.41) is 9.11.